The van der Waals surface area contributed by atoms with Crippen molar-refractivity contribution in [3.63, 3.8) is 0 Å². The summed E-state index contributed by atoms with van der Waals surface area (Å²) in [6.45, 7) is 0. The molecule has 2 heterocycles. The Morgan fingerprint density at radius 3 is 2.81 bits per heavy atom. The Labute approximate surface area is 98.8 Å². The first-order chi connectivity index (χ1) is 7.49. The third-order valence-corrected chi connectivity index (χ3v) is 6.52. The smallest absolute Gasteiger partial charge is 0.152 e. The molecule has 0 bridgehead atoms. The highest BCUT2D eigenvalue weighted by Crippen LogP contribution is 2.37. The molecule has 6 heteroatoms. The monoisotopic (exact) mass is 258 g/mol. The SMILES string of the molecule is NC1(c2nc3c(s2)CCC3)CCS(=O)(=O)C1. The second-order valence-corrected chi connectivity index (χ2v) is 8.01. The van der Waals surface area contributed by atoms with E-state index in [1.54, 1.807) is 11.3 Å². The van der Waals surface area contributed by atoms with Crippen LogP contribution in [0.25, 0.3) is 0 Å². The summed E-state index contributed by atoms with van der Waals surface area (Å²) >= 11 is 1.62. The van der Waals surface area contributed by atoms with Crippen LogP contribution in [0.3, 0.4) is 0 Å². The Bertz CT molecular complexity index is 514. The molecule has 1 aliphatic heterocycles. The van der Waals surface area contributed by atoms with Crippen LogP contribution in [0.4, 0.5) is 0 Å². The molecule has 16 heavy (non-hydrogen) atoms. The Kier molecular flexibility index (Phi) is 2.18. The maximum absolute atomic E-state index is 11.5. The van der Waals surface area contributed by atoms with Crippen molar-refractivity contribution in [1.29, 1.82) is 0 Å². The predicted molar refractivity (Wildman–Crippen MR) is 63.3 cm³/mol. The van der Waals surface area contributed by atoms with E-state index in [9.17, 15) is 8.42 Å². The predicted octanol–water partition coefficient (Wildman–Crippen LogP) is 0.604. The highest BCUT2D eigenvalue weighted by Gasteiger charge is 2.43. The highest BCUT2D eigenvalue weighted by molar-refractivity contribution is 7.91. The van der Waals surface area contributed by atoms with Crippen LogP contribution in [-0.4, -0.2) is 24.9 Å². The molecule has 2 N–H and O–H groups in total. The van der Waals surface area contributed by atoms with E-state index in [4.69, 9.17) is 5.73 Å². The first kappa shape index (κ1) is 10.7. The van der Waals surface area contributed by atoms with E-state index in [0.29, 0.717) is 6.42 Å². The van der Waals surface area contributed by atoms with Gasteiger partial charge in [0.25, 0.3) is 0 Å². The lowest BCUT2D eigenvalue weighted by Crippen LogP contribution is -2.37. The molecule has 1 aromatic rings. The second kappa shape index (κ2) is 3.27. The van der Waals surface area contributed by atoms with Crippen LogP contribution < -0.4 is 5.73 Å². The van der Waals surface area contributed by atoms with E-state index in [0.717, 1.165) is 23.5 Å². The molecule has 1 atom stereocenters. The van der Waals surface area contributed by atoms with Crippen LogP contribution in [0, 0.1) is 0 Å². The fourth-order valence-corrected chi connectivity index (χ4v) is 5.70. The molecule has 1 fully saturated rings. The van der Waals surface area contributed by atoms with Gasteiger partial charge in [0, 0.05) is 4.88 Å². The van der Waals surface area contributed by atoms with Gasteiger partial charge in [0.05, 0.1) is 22.7 Å². The van der Waals surface area contributed by atoms with Crippen molar-refractivity contribution in [1.82, 2.24) is 4.98 Å². The molecule has 88 valence electrons. The number of sulfone groups is 1. The first-order valence-corrected chi connectivity index (χ1v) is 8.11. The lowest BCUT2D eigenvalue weighted by atomic mass is 10.0. The highest BCUT2D eigenvalue weighted by atomic mass is 32.2. The van der Waals surface area contributed by atoms with Crippen LogP contribution in [-0.2, 0) is 28.2 Å². The molecular weight excluding hydrogens is 244 g/mol. The Morgan fingerprint density at radius 2 is 2.19 bits per heavy atom. The minimum absolute atomic E-state index is 0.0619. The van der Waals surface area contributed by atoms with Gasteiger partial charge in [-0.15, -0.1) is 11.3 Å². The standard InChI is InChI=1S/C10H14N2O2S2/c11-10(4-5-16(13,14)6-10)9-12-7-2-1-3-8(7)15-9/h1-6,11H2. The molecule has 1 saturated heterocycles. The lowest BCUT2D eigenvalue weighted by molar-refractivity contribution is 0.501. The lowest BCUT2D eigenvalue weighted by Gasteiger charge is -2.18. The molecule has 2 aliphatic rings. The summed E-state index contributed by atoms with van der Waals surface area (Å²) in [5.74, 6) is 0.264. The van der Waals surface area contributed by atoms with Crippen LogP contribution >= 0.6 is 11.3 Å². The van der Waals surface area contributed by atoms with E-state index in [1.165, 1.54) is 11.3 Å². The molecule has 1 unspecified atom stereocenters. The van der Waals surface area contributed by atoms with Crippen molar-refractivity contribution in [2.45, 2.75) is 31.2 Å². The topological polar surface area (TPSA) is 73.0 Å². The fourth-order valence-electron chi connectivity index (χ4n) is 2.45. The summed E-state index contributed by atoms with van der Waals surface area (Å²) in [6, 6.07) is 0. The molecule has 0 spiro atoms. The van der Waals surface area contributed by atoms with Gasteiger partial charge < -0.3 is 5.73 Å². The number of fused-ring (bicyclic) bond motifs is 1. The summed E-state index contributed by atoms with van der Waals surface area (Å²) in [5, 5.41) is 0.832. The van der Waals surface area contributed by atoms with Gasteiger partial charge in [-0.25, -0.2) is 13.4 Å². The number of nitrogens with two attached hydrogens (primary N) is 1. The molecule has 4 nitrogen and oxygen atoms in total. The number of hydrogen-bond acceptors (Lipinski definition) is 5. The van der Waals surface area contributed by atoms with Gasteiger partial charge in [-0.3, -0.25) is 0 Å². The van der Waals surface area contributed by atoms with Crippen molar-refractivity contribution >= 4 is 21.2 Å². The van der Waals surface area contributed by atoms with Crippen molar-refractivity contribution in [3.05, 3.63) is 15.6 Å². The summed E-state index contributed by atoms with van der Waals surface area (Å²) in [4.78, 5) is 5.85. The summed E-state index contributed by atoms with van der Waals surface area (Å²) in [6.07, 6.45) is 3.79. The maximum Gasteiger partial charge on any atom is 0.152 e. The number of nitrogens with zero attached hydrogens (tertiary/aromatic N) is 1. The van der Waals surface area contributed by atoms with Gasteiger partial charge in [-0.2, -0.15) is 0 Å². The zero-order valence-electron chi connectivity index (χ0n) is 8.90. The minimum atomic E-state index is -2.95. The van der Waals surface area contributed by atoms with E-state index in [-0.39, 0.29) is 11.5 Å². The van der Waals surface area contributed by atoms with Gasteiger partial charge in [0.1, 0.15) is 5.01 Å². The van der Waals surface area contributed by atoms with E-state index in [1.807, 2.05) is 0 Å². The molecule has 0 aromatic carbocycles. The van der Waals surface area contributed by atoms with E-state index >= 15 is 0 Å². The summed E-state index contributed by atoms with van der Waals surface area (Å²) in [7, 11) is -2.95. The molecule has 0 amide bonds. The third kappa shape index (κ3) is 1.59. The summed E-state index contributed by atoms with van der Waals surface area (Å²) in [5.41, 5.74) is 6.62. The molecule has 0 radical (unpaired) electrons. The van der Waals surface area contributed by atoms with E-state index in [2.05, 4.69) is 4.98 Å². The van der Waals surface area contributed by atoms with Crippen LogP contribution in [0.15, 0.2) is 0 Å². The number of aryl methyl sites for hydroxylation is 2. The second-order valence-electron chi connectivity index (χ2n) is 4.74. The quantitative estimate of drug-likeness (QED) is 0.801. The maximum atomic E-state index is 11.5. The van der Waals surface area contributed by atoms with E-state index < -0.39 is 15.4 Å². The van der Waals surface area contributed by atoms with Crippen molar-refractivity contribution in [2.24, 2.45) is 5.73 Å². The van der Waals surface area contributed by atoms with Crippen LogP contribution in [0.2, 0.25) is 0 Å². The molecule has 3 rings (SSSR count). The van der Waals surface area contributed by atoms with Crippen molar-refractivity contribution < 1.29 is 8.42 Å². The first-order valence-electron chi connectivity index (χ1n) is 5.47. The average molecular weight is 258 g/mol. The molecule has 0 saturated carbocycles. The Balaban J connectivity index is 1.98. The number of rotatable bonds is 1. The van der Waals surface area contributed by atoms with Gasteiger partial charge >= 0.3 is 0 Å². The van der Waals surface area contributed by atoms with Gasteiger partial charge in [-0.05, 0) is 25.7 Å². The molecular formula is C10H14N2O2S2. The number of hydrogen-bond donors (Lipinski definition) is 1. The largest absolute Gasteiger partial charge is 0.319 e. The normalized spacial score (nSPS) is 31.8. The number of aromatic nitrogens is 1. The minimum Gasteiger partial charge on any atom is -0.319 e. The molecule has 1 aliphatic carbocycles. The fraction of sp³-hybridized carbons (Fsp3) is 0.700. The third-order valence-electron chi connectivity index (χ3n) is 3.36. The van der Waals surface area contributed by atoms with Crippen molar-refractivity contribution in [2.75, 3.05) is 11.5 Å². The number of thiazole rings is 1. The van der Waals surface area contributed by atoms with Crippen LogP contribution in [0.5, 0.6) is 0 Å². The Hall–Kier alpha value is -0.460. The van der Waals surface area contributed by atoms with Gasteiger partial charge in [0.2, 0.25) is 0 Å². The van der Waals surface area contributed by atoms with Gasteiger partial charge in [0.15, 0.2) is 9.84 Å². The average Bonchev–Trinajstić information content (AvgIpc) is 2.77. The summed E-state index contributed by atoms with van der Waals surface area (Å²) < 4.78 is 23.0. The van der Waals surface area contributed by atoms with Gasteiger partial charge in [-0.1, -0.05) is 0 Å². The zero-order valence-corrected chi connectivity index (χ0v) is 10.5. The van der Waals surface area contributed by atoms with Crippen molar-refractivity contribution in [3.8, 4) is 0 Å². The van der Waals surface area contributed by atoms with Crippen LogP contribution in [0.1, 0.15) is 28.4 Å². The zero-order chi connectivity index (χ0) is 11.4. The molecule has 1 aromatic heterocycles. The Morgan fingerprint density at radius 1 is 1.38 bits per heavy atom.